The Morgan fingerprint density at radius 3 is 2.62 bits per heavy atom. The zero-order chi connectivity index (χ0) is 11.4. The van der Waals surface area contributed by atoms with Crippen molar-refractivity contribution >= 4 is 17.5 Å². The van der Waals surface area contributed by atoms with E-state index in [4.69, 9.17) is 11.6 Å². The summed E-state index contributed by atoms with van der Waals surface area (Å²) < 4.78 is 0. The van der Waals surface area contributed by atoms with Crippen LogP contribution in [0.2, 0.25) is 5.02 Å². The maximum absolute atomic E-state index is 11.6. The average Bonchev–Trinajstić information content (AvgIpc) is 3.09. The number of benzene rings is 1. The Balaban J connectivity index is 1.71. The van der Waals surface area contributed by atoms with Gasteiger partial charge in [-0.1, -0.05) is 11.6 Å². The first kappa shape index (κ1) is 11.4. The van der Waals surface area contributed by atoms with Crippen molar-refractivity contribution in [2.24, 2.45) is 5.92 Å². The molecule has 0 saturated heterocycles. The van der Waals surface area contributed by atoms with Gasteiger partial charge >= 0.3 is 0 Å². The Bertz CT molecular complexity index is 360. The van der Waals surface area contributed by atoms with Crippen LogP contribution in [0.3, 0.4) is 0 Å². The lowest BCUT2D eigenvalue weighted by atomic mass is 10.2. The minimum atomic E-state index is -0.0695. The summed E-state index contributed by atoms with van der Waals surface area (Å²) in [6, 6.07) is 6.87. The molecule has 1 aromatic rings. The molecule has 0 unspecified atom stereocenters. The van der Waals surface area contributed by atoms with E-state index in [1.165, 1.54) is 12.8 Å². The number of carbonyl (C=O) groups excluding carboxylic acids is 1. The first-order valence-corrected chi connectivity index (χ1v) is 5.88. The molecule has 86 valence electrons. The van der Waals surface area contributed by atoms with E-state index >= 15 is 0 Å². The fraction of sp³-hybridized carbons (Fsp3) is 0.417. The minimum Gasteiger partial charge on any atom is -0.339 e. The molecule has 4 heteroatoms. The van der Waals surface area contributed by atoms with Crippen LogP contribution in [-0.4, -0.2) is 19.1 Å². The number of nitrogens with one attached hydrogen (secondary N) is 2. The van der Waals surface area contributed by atoms with Crippen LogP contribution in [0, 0.1) is 5.92 Å². The molecule has 1 amide bonds. The largest absolute Gasteiger partial charge is 0.339 e. The van der Waals surface area contributed by atoms with E-state index in [2.05, 4.69) is 10.6 Å². The summed E-state index contributed by atoms with van der Waals surface area (Å²) in [5.41, 5.74) is 0.637. The third-order valence-electron chi connectivity index (χ3n) is 2.61. The van der Waals surface area contributed by atoms with Crippen LogP contribution >= 0.6 is 11.6 Å². The SMILES string of the molecule is O=C(NCNCC1CC1)c1ccc(Cl)cc1. The molecular formula is C12H15ClN2O. The predicted octanol–water partition coefficient (Wildman–Crippen LogP) is 2.03. The Kier molecular flexibility index (Phi) is 3.80. The molecule has 1 aromatic carbocycles. The summed E-state index contributed by atoms with van der Waals surface area (Å²) in [5.74, 6) is 0.757. The van der Waals surface area contributed by atoms with Crippen LogP contribution in [0.1, 0.15) is 23.2 Å². The number of hydrogen-bond acceptors (Lipinski definition) is 2. The van der Waals surface area contributed by atoms with Gasteiger partial charge in [0.1, 0.15) is 0 Å². The summed E-state index contributed by atoms with van der Waals surface area (Å²) in [4.78, 5) is 11.6. The molecule has 0 aromatic heterocycles. The van der Waals surface area contributed by atoms with E-state index in [0.717, 1.165) is 12.5 Å². The second-order valence-corrected chi connectivity index (χ2v) is 4.52. The Labute approximate surface area is 100 Å². The Morgan fingerprint density at radius 2 is 2.00 bits per heavy atom. The molecule has 1 aliphatic carbocycles. The molecule has 1 aliphatic rings. The highest BCUT2D eigenvalue weighted by Gasteiger charge is 2.20. The highest BCUT2D eigenvalue weighted by molar-refractivity contribution is 6.30. The van der Waals surface area contributed by atoms with Gasteiger partial charge in [-0.25, -0.2) is 0 Å². The Morgan fingerprint density at radius 1 is 1.31 bits per heavy atom. The van der Waals surface area contributed by atoms with Gasteiger partial charge in [-0.05, 0) is 49.6 Å². The summed E-state index contributed by atoms with van der Waals surface area (Å²) in [6.45, 7) is 1.53. The van der Waals surface area contributed by atoms with Crippen LogP contribution in [0.15, 0.2) is 24.3 Å². The standard InChI is InChI=1S/C12H15ClN2O/c13-11-5-3-10(4-6-11)12(16)15-8-14-7-9-1-2-9/h3-6,9,14H,1-2,7-8H2,(H,15,16). The average molecular weight is 239 g/mol. The zero-order valence-corrected chi connectivity index (χ0v) is 9.76. The molecule has 16 heavy (non-hydrogen) atoms. The van der Waals surface area contributed by atoms with Crippen molar-refractivity contribution in [1.29, 1.82) is 0 Å². The van der Waals surface area contributed by atoms with Gasteiger partial charge in [-0.15, -0.1) is 0 Å². The minimum absolute atomic E-state index is 0.0695. The van der Waals surface area contributed by atoms with Gasteiger partial charge in [0.05, 0.1) is 6.67 Å². The molecule has 1 fully saturated rings. The molecule has 0 heterocycles. The molecule has 3 nitrogen and oxygen atoms in total. The lowest BCUT2D eigenvalue weighted by Crippen LogP contribution is -2.34. The van der Waals surface area contributed by atoms with Crippen LogP contribution in [0.5, 0.6) is 0 Å². The normalized spacial score (nSPS) is 14.8. The van der Waals surface area contributed by atoms with Crippen molar-refractivity contribution < 1.29 is 4.79 Å². The number of carbonyl (C=O) groups is 1. The van der Waals surface area contributed by atoms with E-state index in [-0.39, 0.29) is 5.91 Å². The molecular weight excluding hydrogens is 224 g/mol. The van der Waals surface area contributed by atoms with Gasteiger partial charge in [-0.2, -0.15) is 0 Å². The highest BCUT2D eigenvalue weighted by Crippen LogP contribution is 2.27. The summed E-state index contributed by atoms with van der Waals surface area (Å²) in [6.07, 6.45) is 2.64. The van der Waals surface area contributed by atoms with Gasteiger partial charge in [0.2, 0.25) is 0 Å². The maximum atomic E-state index is 11.6. The first-order valence-electron chi connectivity index (χ1n) is 5.50. The molecule has 1 saturated carbocycles. The summed E-state index contributed by atoms with van der Waals surface area (Å²) in [5, 5.41) is 6.65. The molecule has 0 bridgehead atoms. The molecule has 0 spiro atoms. The van der Waals surface area contributed by atoms with Crippen molar-refractivity contribution in [1.82, 2.24) is 10.6 Å². The lowest BCUT2D eigenvalue weighted by molar-refractivity contribution is 0.0950. The van der Waals surface area contributed by atoms with Crippen molar-refractivity contribution in [3.05, 3.63) is 34.9 Å². The van der Waals surface area contributed by atoms with Gasteiger partial charge in [0, 0.05) is 10.6 Å². The van der Waals surface area contributed by atoms with Crippen molar-refractivity contribution in [2.75, 3.05) is 13.2 Å². The van der Waals surface area contributed by atoms with Crippen molar-refractivity contribution in [3.63, 3.8) is 0 Å². The summed E-state index contributed by atoms with van der Waals surface area (Å²) in [7, 11) is 0. The van der Waals surface area contributed by atoms with Crippen LogP contribution in [0.25, 0.3) is 0 Å². The van der Waals surface area contributed by atoms with E-state index in [9.17, 15) is 4.79 Å². The number of rotatable bonds is 5. The third-order valence-corrected chi connectivity index (χ3v) is 2.86. The van der Waals surface area contributed by atoms with E-state index < -0.39 is 0 Å². The first-order chi connectivity index (χ1) is 7.75. The van der Waals surface area contributed by atoms with Crippen molar-refractivity contribution in [3.8, 4) is 0 Å². The van der Waals surface area contributed by atoms with Crippen LogP contribution in [0.4, 0.5) is 0 Å². The highest BCUT2D eigenvalue weighted by atomic mass is 35.5. The van der Waals surface area contributed by atoms with E-state index in [1.807, 2.05) is 0 Å². The fourth-order valence-electron chi connectivity index (χ4n) is 1.44. The van der Waals surface area contributed by atoms with E-state index in [0.29, 0.717) is 17.3 Å². The topological polar surface area (TPSA) is 41.1 Å². The summed E-state index contributed by atoms with van der Waals surface area (Å²) >= 11 is 5.74. The van der Waals surface area contributed by atoms with Gasteiger partial charge in [-0.3, -0.25) is 10.1 Å². The maximum Gasteiger partial charge on any atom is 0.252 e. The third kappa shape index (κ3) is 3.51. The lowest BCUT2D eigenvalue weighted by Gasteiger charge is -2.06. The molecule has 2 rings (SSSR count). The second kappa shape index (κ2) is 5.32. The molecule has 0 atom stereocenters. The van der Waals surface area contributed by atoms with Crippen molar-refractivity contribution in [2.45, 2.75) is 12.8 Å². The molecule has 0 radical (unpaired) electrons. The molecule has 2 N–H and O–H groups in total. The molecule has 0 aliphatic heterocycles. The zero-order valence-electron chi connectivity index (χ0n) is 9.00. The van der Waals surface area contributed by atoms with Gasteiger partial charge < -0.3 is 5.32 Å². The van der Waals surface area contributed by atoms with Crippen LogP contribution in [-0.2, 0) is 0 Å². The smallest absolute Gasteiger partial charge is 0.252 e. The van der Waals surface area contributed by atoms with Gasteiger partial charge in [0.15, 0.2) is 0 Å². The van der Waals surface area contributed by atoms with Crippen LogP contribution < -0.4 is 10.6 Å². The fourth-order valence-corrected chi connectivity index (χ4v) is 1.57. The number of hydrogen-bond donors (Lipinski definition) is 2. The quantitative estimate of drug-likeness (QED) is 0.609. The number of halogens is 1. The predicted molar refractivity (Wildman–Crippen MR) is 64.5 cm³/mol. The van der Waals surface area contributed by atoms with Gasteiger partial charge in [0.25, 0.3) is 5.91 Å². The monoisotopic (exact) mass is 238 g/mol. The second-order valence-electron chi connectivity index (χ2n) is 4.09. The van der Waals surface area contributed by atoms with E-state index in [1.54, 1.807) is 24.3 Å². The number of amides is 1. The Hall–Kier alpha value is -1.06.